The summed E-state index contributed by atoms with van der Waals surface area (Å²) in [6.45, 7) is 7.38. The number of hydrogen-bond donors (Lipinski definition) is 0. The lowest BCUT2D eigenvalue weighted by Gasteiger charge is -2.51. The predicted molar refractivity (Wildman–Crippen MR) is 245 cm³/mol. The van der Waals surface area contributed by atoms with Crippen LogP contribution in [0.1, 0.15) is 25.0 Å². The van der Waals surface area contributed by atoms with Crippen LogP contribution in [0.15, 0.2) is 172 Å². The molecule has 5 heterocycles. The number of fused-ring (bicyclic) bond motifs is 6. The molecule has 6 nitrogen and oxygen atoms in total. The minimum Gasteiger partial charge on any atom is -0.456 e. The van der Waals surface area contributed by atoms with Crippen LogP contribution in [0, 0.1) is 27.7 Å². The molecule has 0 saturated carbocycles. The maximum absolute atomic E-state index is 16.2. The number of carbonyl (C=O) groups excluding carboxylic acids is 1. The minimum atomic E-state index is -0.516. The van der Waals surface area contributed by atoms with E-state index < -0.39 is 19.5 Å². The fourth-order valence-electron chi connectivity index (χ4n) is 10.0. The molecule has 0 bridgehead atoms. The van der Waals surface area contributed by atoms with Crippen molar-refractivity contribution in [2.75, 3.05) is 14.7 Å². The van der Waals surface area contributed by atoms with Crippen LogP contribution >= 0.6 is 0 Å². The Morgan fingerprint density at radius 2 is 1.00 bits per heavy atom. The summed E-state index contributed by atoms with van der Waals surface area (Å²) in [6, 6.07) is 45.9. The van der Waals surface area contributed by atoms with E-state index in [4.69, 9.17) is 8.83 Å². The second-order valence-corrected chi connectivity index (χ2v) is 16.0. The number of urea groups is 1. The first-order valence-corrected chi connectivity index (χ1v) is 20.1. The molecule has 1 saturated heterocycles. The third kappa shape index (κ3) is 4.74. The smallest absolute Gasteiger partial charge is 0.340 e. The molecule has 0 radical (unpaired) electrons. The highest BCUT2D eigenvalue weighted by Crippen LogP contribution is 2.46. The van der Waals surface area contributed by atoms with E-state index in [1.54, 1.807) is 9.80 Å². The molecule has 9 aromatic rings. The number of amides is 2. The molecule has 0 unspecified atom stereocenters. The van der Waals surface area contributed by atoms with Gasteiger partial charge in [-0.05, 0) is 69.0 Å². The van der Waals surface area contributed by atoms with Crippen LogP contribution in [-0.2, 0) is 0 Å². The maximum atomic E-state index is 16.2. The first-order chi connectivity index (χ1) is 29.7. The Balaban J connectivity index is 1.22. The third-order valence-corrected chi connectivity index (χ3v) is 12.6. The van der Waals surface area contributed by atoms with Gasteiger partial charge in [-0.15, -0.1) is 0 Å². The summed E-state index contributed by atoms with van der Waals surface area (Å²) in [5.41, 5.74) is 12.8. The van der Waals surface area contributed by atoms with Crippen molar-refractivity contribution < 1.29 is 16.4 Å². The summed E-state index contributed by atoms with van der Waals surface area (Å²) in [7, 11) is 0. The zero-order valence-corrected chi connectivity index (χ0v) is 33.0. The van der Waals surface area contributed by atoms with Crippen molar-refractivity contribution in [1.29, 1.82) is 0 Å². The van der Waals surface area contributed by atoms with Crippen molar-refractivity contribution in [3.05, 3.63) is 185 Å². The second kappa shape index (κ2) is 12.4. The van der Waals surface area contributed by atoms with E-state index >= 15 is 4.79 Å². The molecule has 59 heavy (non-hydrogen) atoms. The molecule has 0 N–H and O–H groups in total. The predicted octanol–water partition coefficient (Wildman–Crippen LogP) is 9.68. The Hall–Kier alpha value is -7.18. The van der Waals surface area contributed by atoms with Crippen molar-refractivity contribution in [3.63, 3.8) is 0 Å². The maximum Gasteiger partial charge on any atom is 0.340 e. The summed E-state index contributed by atoms with van der Waals surface area (Å²) in [5, 5.41) is 3.71. The third-order valence-electron chi connectivity index (χ3n) is 12.6. The monoisotopic (exact) mass is 763 g/mol. The number of aryl methyl sites for hydroxylation is 4. The average Bonchev–Trinajstić information content (AvgIpc) is 3.83. The lowest BCUT2D eigenvalue weighted by Crippen LogP contribution is -2.65. The molecule has 0 aliphatic carbocycles. The molecule has 1 fully saturated rings. The van der Waals surface area contributed by atoms with Gasteiger partial charge in [-0.1, -0.05) is 148 Å². The average molecular weight is 764 g/mol. The molecule has 2 aromatic heterocycles. The first kappa shape index (κ1) is 31.9. The van der Waals surface area contributed by atoms with Gasteiger partial charge in [0.05, 0.1) is 14.1 Å². The summed E-state index contributed by atoms with van der Waals surface area (Å²) in [5.74, 6) is 1.29. The van der Waals surface area contributed by atoms with E-state index in [0.29, 0.717) is 39.8 Å². The van der Waals surface area contributed by atoms with Gasteiger partial charge in [0.2, 0.25) is 13.4 Å². The molecule has 12 rings (SSSR count). The van der Waals surface area contributed by atoms with Crippen LogP contribution < -0.4 is 36.6 Å². The molecular formula is C51H37B2N3O3. The Bertz CT molecular complexity index is 3440. The van der Waals surface area contributed by atoms with Gasteiger partial charge in [0.1, 0.15) is 28.4 Å². The Kier molecular flexibility index (Phi) is 6.70. The molecule has 0 atom stereocenters. The van der Waals surface area contributed by atoms with Crippen molar-refractivity contribution in [3.8, 4) is 0 Å². The summed E-state index contributed by atoms with van der Waals surface area (Å²) in [4.78, 5) is 21.6. The molecule has 3 aliphatic rings. The van der Waals surface area contributed by atoms with Gasteiger partial charge >= 0.3 is 6.03 Å². The quantitative estimate of drug-likeness (QED) is 0.168. The van der Waals surface area contributed by atoms with E-state index in [2.05, 4.69) is 82.3 Å². The number of anilines is 3. The Labute approximate surface area is 345 Å². The van der Waals surface area contributed by atoms with Gasteiger partial charge in [0.25, 0.3) is 0 Å². The highest BCUT2D eigenvalue weighted by atomic mass is 16.3. The van der Waals surface area contributed by atoms with Gasteiger partial charge in [-0.2, -0.15) is 0 Å². The molecular weight excluding hydrogens is 724 g/mol. The highest BCUT2D eigenvalue weighted by Gasteiger charge is 2.50. The number of para-hydroxylation sites is 4. The zero-order chi connectivity index (χ0) is 41.4. The van der Waals surface area contributed by atoms with Crippen molar-refractivity contribution in [1.82, 2.24) is 0 Å². The van der Waals surface area contributed by atoms with Gasteiger partial charge in [-0.25, -0.2) is 14.6 Å². The number of rotatable bonds is 4. The van der Waals surface area contributed by atoms with E-state index in [9.17, 15) is 2.74 Å². The summed E-state index contributed by atoms with van der Waals surface area (Å²) in [6.07, 6.45) is 0. The summed E-state index contributed by atoms with van der Waals surface area (Å²) < 4.78 is 34.0. The number of carbonyl (C=O) groups is 1. The molecule has 8 heteroatoms. The lowest BCUT2D eigenvalue weighted by molar-refractivity contribution is 0.252. The highest BCUT2D eigenvalue weighted by molar-refractivity contribution is 6.95. The fourth-order valence-corrected chi connectivity index (χ4v) is 10.0. The zero-order valence-electron chi connectivity index (χ0n) is 35.0. The van der Waals surface area contributed by atoms with Crippen LogP contribution in [-0.4, -0.2) is 19.5 Å². The fraction of sp³-hybridized carbons (Fsp3) is 0.0784. The number of hydrogen-bond acceptors (Lipinski definition) is 4. The van der Waals surface area contributed by atoms with E-state index in [1.807, 2.05) is 89.8 Å². The van der Waals surface area contributed by atoms with E-state index in [0.717, 1.165) is 76.9 Å². The largest absolute Gasteiger partial charge is 0.456 e. The van der Waals surface area contributed by atoms with Crippen LogP contribution in [0.25, 0.3) is 43.9 Å². The molecule has 3 aliphatic heterocycles. The van der Waals surface area contributed by atoms with Gasteiger partial charge in [-0.3, -0.25) is 4.90 Å². The van der Waals surface area contributed by atoms with Crippen LogP contribution in [0.5, 0.6) is 0 Å². The van der Waals surface area contributed by atoms with Crippen molar-refractivity contribution in [2.45, 2.75) is 27.7 Å². The Morgan fingerprint density at radius 1 is 0.492 bits per heavy atom. The molecule has 280 valence electrons. The van der Waals surface area contributed by atoms with E-state index in [1.165, 1.54) is 0 Å². The van der Waals surface area contributed by atoms with Crippen molar-refractivity contribution in [2.24, 2.45) is 0 Å². The number of benzene rings is 7. The minimum absolute atomic E-state index is 0.256. The van der Waals surface area contributed by atoms with Crippen LogP contribution in [0.3, 0.4) is 0 Å². The normalized spacial score (nSPS) is 15.7. The summed E-state index contributed by atoms with van der Waals surface area (Å²) >= 11 is 0. The number of nitrogens with zero attached hydrogens (tertiary/aromatic N) is 3. The van der Waals surface area contributed by atoms with E-state index in [-0.39, 0.29) is 11.9 Å². The number of furan rings is 2. The molecule has 2 amide bonds. The van der Waals surface area contributed by atoms with Gasteiger partial charge in [0.15, 0.2) is 5.58 Å². The standard InChI is InChI=1S/C51H37B2N3O3/c1-30-13-9-14-31(2)47(30)52-28-45-54(34-25-26-37-35-17-5-7-23-42(35)58-44(37)27-34)51(57)55(41-22-11-19-38-36-18-6-8-24-43(36)59-50(38)41)46-29-53(48-32(3)15-10-16-33(48)4)40-21-12-20-39(52)49(40)56(45)46/h5-29H,1-4H3/i28D,29D. The van der Waals surface area contributed by atoms with Crippen LogP contribution in [0.4, 0.5) is 21.9 Å². The second-order valence-electron chi connectivity index (χ2n) is 16.0. The van der Waals surface area contributed by atoms with Gasteiger partial charge < -0.3 is 8.83 Å². The Morgan fingerprint density at radius 3 is 1.64 bits per heavy atom. The molecule has 0 spiro atoms. The van der Waals surface area contributed by atoms with Crippen molar-refractivity contribution >= 4 is 102 Å². The first-order valence-electron chi connectivity index (χ1n) is 21.1. The lowest BCUT2D eigenvalue weighted by atomic mass is 9.33. The SMILES string of the molecule is [2H]C1=C2N(c3ccc4c(c3)oc3ccccc34)C(=O)N(c3cccc4c3oc3ccccc34)C3=C([2H])B(c4c(C)cccc4C)c4cccc(c4N23)B1c1c(C)cccc1C. The van der Waals surface area contributed by atoms with Gasteiger partial charge in [0, 0.05) is 33.3 Å². The topological polar surface area (TPSA) is 53.1 Å². The molecule has 7 aromatic carbocycles. The van der Waals surface area contributed by atoms with Crippen LogP contribution in [0.2, 0.25) is 0 Å².